The van der Waals surface area contributed by atoms with E-state index < -0.39 is 61.4 Å². The summed E-state index contributed by atoms with van der Waals surface area (Å²) in [6, 6.07) is 9.44. The molecule has 0 spiro atoms. The van der Waals surface area contributed by atoms with Gasteiger partial charge in [-0.1, -0.05) is 12.1 Å². The zero-order valence-electron chi connectivity index (χ0n) is 21.0. The highest BCUT2D eigenvalue weighted by molar-refractivity contribution is 5.44. The Balaban J connectivity index is 1.65. The number of aromatic hydroxyl groups is 2. The number of ether oxygens (including phenoxy) is 5. The Labute approximate surface area is 219 Å². The molecular formula is C26H34O12. The van der Waals surface area contributed by atoms with Crippen LogP contribution in [0, 0.1) is 11.8 Å². The smallest absolute Gasteiger partial charge is 0.186 e. The molecule has 2 aliphatic rings. The zero-order valence-corrected chi connectivity index (χ0v) is 21.0. The first kappa shape index (κ1) is 28.3. The van der Waals surface area contributed by atoms with Crippen LogP contribution in [0.1, 0.15) is 23.3 Å². The zero-order chi connectivity index (χ0) is 27.6. The molecule has 0 bridgehead atoms. The summed E-state index contributed by atoms with van der Waals surface area (Å²) in [6.07, 6.45) is -8.57. The van der Waals surface area contributed by atoms with Gasteiger partial charge in [-0.2, -0.15) is 0 Å². The molecular weight excluding hydrogens is 504 g/mol. The molecule has 12 heteroatoms. The summed E-state index contributed by atoms with van der Waals surface area (Å²) < 4.78 is 28.2. The van der Waals surface area contributed by atoms with Crippen molar-refractivity contribution in [1.82, 2.24) is 0 Å². The van der Waals surface area contributed by atoms with Crippen LogP contribution in [0.3, 0.4) is 0 Å². The molecule has 0 amide bonds. The molecule has 2 fully saturated rings. The lowest BCUT2D eigenvalue weighted by Gasteiger charge is -2.40. The van der Waals surface area contributed by atoms with Crippen LogP contribution in [0.4, 0.5) is 0 Å². The summed E-state index contributed by atoms with van der Waals surface area (Å²) in [5.74, 6) is -0.758. The summed E-state index contributed by atoms with van der Waals surface area (Å²) in [7, 11) is 2.83. The second-order valence-electron chi connectivity index (χ2n) is 9.38. The fraction of sp³-hybridized carbons (Fsp3) is 0.538. The number of aliphatic hydroxyl groups is 5. The van der Waals surface area contributed by atoms with Crippen LogP contribution in [0.5, 0.6) is 23.0 Å². The van der Waals surface area contributed by atoms with Crippen molar-refractivity contribution in [2.24, 2.45) is 11.8 Å². The van der Waals surface area contributed by atoms with Gasteiger partial charge in [0, 0.05) is 18.4 Å². The first-order valence-electron chi connectivity index (χ1n) is 12.2. The minimum atomic E-state index is -1.60. The van der Waals surface area contributed by atoms with Gasteiger partial charge in [-0.3, -0.25) is 0 Å². The van der Waals surface area contributed by atoms with Gasteiger partial charge in [0.15, 0.2) is 29.3 Å². The van der Waals surface area contributed by atoms with Crippen LogP contribution in [0.2, 0.25) is 0 Å². The normalized spacial score (nSPS) is 33.3. The van der Waals surface area contributed by atoms with Crippen molar-refractivity contribution < 1.29 is 59.4 Å². The highest BCUT2D eigenvalue weighted by Crippen LogP contribution is 2.51. The molecule has 38 heavy (non-hydrogen) atoms. The fourth-order valence-corrected chi connectivity index (χ4v) is 5.06. The lowest BCUT2D eigenvalue weighted by molar-refractivity contribution is -0.304. The van der Waals surface area contributed by atoms with E-state index in [2.05, 4.69) is 0 Å². The highest BCUT2D eigenvalue weighted by Gasteiger charge is 2.48. The molecule has 2 saturated heterocycles. The van der Waals surface area contributed by atoms with Crippen molar-refractivity contribution in [1.29, 1.82) is 0 Å². The number of aliphatic hydroxyl groups excluding tert-OH is 5. The second-order valence-corrected chi connectivity index (χ2v) is 9.38. The molecule has 9 atom stereocenters. The molecule has 210 valence electrons. The van der Waals surface area contributed by atoms with Crippen molar-refractivity contribution in [3.8, 4) is 23.0 Å². The molecule has 2 aromatic rings. The SMILES string of the molecule is COc1cc(C2OC(c3ccc(O)c(OC)c3)C(CO[C@@H]3O[C@H](CO)[C@@H](O)[C@H](O)[C@H]3O)C2CO)ccc1O. The first-order chi connectivity index (χ1) is 18.2. The molecule has 12 nitrogen and oxygen atoms in total. The number of phenolic OH excluding ortho intramolecular Hbond substituents is 2. The number of hydrogen-bond acceptors (Lipinski definition) is 12. The summed E-state index contributed by atoms with van der Waals surface area (Å²) in [4.78, 5) is 0. The van der Waals surface area contributed by atoms with Crippen LogP contribution in [-0.4, -0.2) is 100 Å². The average molecular weight is 539 g/mol. The van der Waals surface area contributed by atoms with Crippen LogP contribution >= 0.6 is 0 Å². The van der Waals surface area contributed by atoms with Crippen LogP contribution in [-0.2, 0) is 14.2 Å². The summed E-state index contributed by atoms with van der Waals surface area (Å²) in [6.45, 7) is -1.03. The van der Waals surface area contributed by atoms with E-state index in [9.17, 15) is 35.7 Å². The highest BCUT2D eigenvalue weighted by atomic mass is 16.7. The van der Waals surface area contributed by atoms with Gasteiger partial charge in [-0.05, 0) is 35.4 Å². The number of phenols is 2. The Hall–Kier alpha value is -2.68. The molecule has 4 rings (SSSR count). The summed E-state index contributed by atoms with van der Waals surface area (Å²) in [5.41, 5.74) is 1.25. The van der Waals surface area contributed by atoms with Gasteiger partial charge >= 0.3 is 0 Å². The standard InChI is InChI=1S/C26H34O12/c1-34-18-7-12(3-5-16(18)29)24-14(9-27)15(25(38-24)13-4-6-17(30)19(8-13)35-2)11-36-26-23(33)22(32)21(31)20(10-28)37-26/h3-8,14-15,20-33H,9-11H2,1-2H3/t14?,15?,20-,21-,22+,23-,24?,25?,26-/m1/s1. The molecule has 2 aromatic carbocycles. The third-order valence-electron chi connectivity index (χ3n) is 7.20. The van der Waals surface area contributed by atoms with E-state index in [1.165, 1.54) is 26.4 Å². The van der Waals surface area contributed by atoms with Crippen molar-refractivity contribution in [3.05, 3.63) is 47.5 Å². The minimum Gasteiger partial charge on any atom is -0.504 e. The molecule has 2 heterocycles. The average Bonchev–Trinajstić information content (AvgIpc) is 3.30. The Morgan fingerprint density at radius 1 is 0.711 bits per heavy atom. The quantitative estimate of drug-likeness (QED) is 0.226. The largest absolute Gasteiger partial charge is 0.504 e. The van der Waals surface area contributed by atoms with Crippen molar-refractivity contribution in [3.63, 3.8) is 0 Å². The molecule has 0 aromatic heterocycles. The summed E-state index contributed by atoms with van der Waals surface area (Å²) in [5, 5.41) is 70.6. The van der Waals surface area contributed by atoms with Gasteiger partial charge < -0.3 is 59.4 Å². The molecule has 2 aliphatic heterocycles. The number of rotatable bonds is 9. The third-order valence-corrected chi connectivity index (χ3v) is 7.20. The predicted molar refractivity (Wildman–Crippen MR) is 130 cm³/mol. The third kappa shape index (κ3) is 5.40. The Morgan fingerprint density at radius 3 is 1.76 bits per heavy atom. The van der Waals surface area contributed by atoms with Crippen LogP contribution < -0.4 is 9.47 Å². The minimum absolute atomic E-state index is 0.0582. The second kappa shape index (κ2) is 12.0. The summed E-state index contributed by atoms with van der Waals surface area (Å²) >= 11 is 0. The van der Waals surface area contributed by atoms with Gasteiger partial charge in [0.2, 0.25) is 0 Å². The van der Waals surface area contributed by atoms with E-state index in [4.69, 9.17) is 23.7 Å². The van der Waals surface area contributed by atoms with Crippen molar-refractivity contribution >= 4 is 0 Å². The molecule has 0 aliphatic carbocycles. The van der Waals surface area contributed by atoms with Crippen LogP contribution in [0.15, 0.2) is 36.4 Å². The molecule has 0 radical (unpaired) electrons. The van der Waals surface area contributed by atoms with E-state index in [0.29, 0.717) is 11.1 Å². The van der Waals surface area contributed by atoms with Gasteiger partial charge in [-0.25, -0.2) is 0 Å². The lowest BCUT2D eigenvalue weighted by Crippen LogP contribution is -2.59. The molecule has 4 unspecified atom stereocenters. The maximum atomic E-state index is 10.4. The van der Waals surface area contributed by atoms with Gasteiger partial charge in [0.25, 0.3) is 0 Å². The Morgan fingerprint density at radius 2 is 1.26 bits per heavy atom. The van der Waals surface area contributed by atoms with E-state index >= 15 is 0 Å². The topological polar surface area (TPSA) is 188 Å². The molecule has 7 N–H and O–H groups in total. The fourth-order valence-electron chi connectivity index (χ4n) is 5.06. The number of hydrogen-bond donors (Lipinski definition) is 7. The monoisotopic (exact) mass is 538 g/mol. The van der Waals surface area contributed by atoms with Gasteiger partial charge in [0.1, 0.15) is 24.4 Å². The molecule has 0 saturated carbocycles. The number of benzene rings is 2. The lowest BCUT2D eigenvalue weighted by atomic mass is 9.83. The van der Waals surface area contributed by atoms with E-state index in [-0.39, 0.29) is 36.2 Å². The van der Waals surface area contributed by atoms with E-state index in [0.717, 1.165) is 0 Å². The van der Waals surface area contributed by atoms with E-state index in [1.807, 2.05) is 0 Å². The Bertz CT molecular complexity index is 1080. The first-order valence-corrected chi connectivity index (χ1v) is 12.2. The maximum absolute atomic E-state index is 10.4. The van der Waals surface area contributed by atoms with Gasteiger partial charge in [-0.15, -0.1) is 0 Å². The maximum Gasteiger partial charge on any atom is 0.186 e. The van der Waals surface area contributed by atoms with Crippen LogP contribution in [0.25, 0.3) is 0 Å². The predicted octanol–water partition coefficient (Wildman–Crippen LogP) is -0.0312. The van der Waals surface area contributed by atoms with Crippen molar-refractivity contribution in [2.75, 3.05) is 34.0 Å². The van der Waals surface area contributed by atoms with Crippen molar-refractivity contribution in [2.45, 2.75) is 42.9 Å². The Kier molecular flexibility index (Phi) is 8.96. The van der Waals surface area contributed by atoms with E-state index in [1.54, 1.807) is 24.3 Å². The van der Waals surface area contributed by atoms with Gasteiger partial charge in [0.05, 0.1) is 39.6 Å². The number of methoxy groups -OCH3 is 2.